The number of pyridine rings is 1. The summed E-state index contributed by atoms with van der Waals surface area (Å²) in [4.78, 5) is 12.7. The first-order valence-corrected chi connectivity index (χ1v) is 8.43. The van der Waals surface area contributed by atoms with Gasteiger partial charge in [-0.05, 0) is 5.56 Å². The van der Waals surface area contributed by atoms with Gasteiger partial charge in [0.2, 0.25) is 0 Å². The van der Waals surface area contributed by atoms with Gasteiger partial charge in [-0.3, -0.25) is 9.48 Å². The number of hydrogen-bond donors (Lipinski definition) is 1. The van der Waals surface area contributed by atoms with Crippen molar-refractivity contribution in [3.05, 3.63) is 70.4 Å². The van der Waals surface area contributed by atoms with Crippen LogP contribution in [-0.4, -0.2) is 14.3 Å². The lowest BCUT2D eigenvalue weighted by Gasteiger charge is -2.14. The number of rotatable bonds is 3. The quantitative estimate of drug-likeness (QED) is 0.616. The number of furan rings is 1. The highest BCUT2D eigenvalue weighted by molar-refractivity contribution is 5.98. The van der Waals surface area contributed by atoms with E-state index in [1.54, 1.807) is 22.5 Å². The molecule has 1 aromatic carbocycles. The number of aryl methyl sites for hydroxylation is 2. The summed E-state index contributed by atoms with van der Waals surface area (Å²) in [5, 5.41) is 4.59. The molecule has 1 unspecified atom stereocenters. The van der Waals surface area contributed by atoms with Crippen molar-refractivity contribution in [1.29, 1.82) is 0 Å². The van der Waals surface area contributed by atoms with Crippen molar-refractivity contribution in [2.45, 2.75) is 12.8 Å². The average molecular weight is 348 g/mol. The van der Waals surface area contributed by atoms with Crippen molar-refractivity contribution in [3.63, 3.8) is 0 Å². The van der Waals surface area contributed by atoms with Gasteiger partial charge in [0.25, 0.3) is 5.56 Å². The van der Waals surface area contributed by atoms with Gasteiger partial charge in [0.15, 0.2) is 5.76 Å². The fourth-order valence-corrected chi connectivity index (χ4v) is 3.34. The van der Waals surface area contributed by atoms with Crippen LogP contribution in [0, 0.1) is 0 Å². The second-order valence-electron chi connectivity index (χ2n) is 6.58. The summed E-state index contributed by atoms with van der Waals surface area (Å²) in [5.74, 6) is 0.538. The molecule has 0 aliphatic heterocycles. The summed E-state index contributed by atoms with van der Waals surface area (Å²) >= 11 is 0. The summed E-state index contributed by atoms with van der Waals surface area (Å²) in [6, 6.07) is 10.1. The van der Waals surface area contributed by atoms with Crippen LogP contribution in [0.1, 0.15) is 24.0 Å². The van der Waals surface area contributed by atoms with Gasteiger partial charge in [0, 0.05) is 38.0 Å². The molecule has 0 aliphatic carbocycles. The third-order valence-corrected chi connectivity index (χ3v) is 4.81. The summed E-state index contributed by atoms with van der Waals surface area (Å²) in [5.41, 5.74) is 9.87. The molecule has 0 fully saturated rings. The number of nitrogens with zero attached hydrogens (tertiary/aromatic N) is 3. The fourth-order valence-electron chi connectivity index (χ4n) is 3.34. The number of fused-ring (bicyclic) bond motifs is 1. The normalized spacial score (nSPS) is 12.6. The summed E-state index contributed by atoms with van der Waals surface area (Å²) in [6.07, 6.45) is 5.33. The molecule has 0 aliphatic rings. The zero-order valence-electron chi connectivity index (χ0n) is 14.9. The van der Waals surface area contributed by atoms with E-state index in [0.717, 1.165) is 16.7 Å². The predicted octanol–water partition coefficient (Wildman–Crippen LogP) is 3.27. The minimum absolute atomic E-state index is 0.0535. The van der Waals surface area contributed by atoms with E-state index in [2.05, 4.69) is 24.2 Å². The smallest absolute Gasteiger partial charge is 0.263 e. The maximum atomic E-state index is 12.7. The van der Waals surface area contributed by atoms with Gasteiger partial charge in [0.1, 0.15) is 11.0 Å². The van der Waals surface area contributed by atoms with Crippen LogP contribution in [0.15, 0.2) is 58.1 Å². The minimum Gasteiger partial charge on any atom is -0.453 e. The first-order valence-electron chi connectivity index (χ1n) is 8.43. The monoisotopic (exact) mass is 348 g/mol. The van der Waals surface area contributed by atoms with Crippen LogP contribution in [0.3, 0.4) is 0 Å². The average Bonchev–Trinajstić information content (AvgIpc) is 3.22. The Bertz CT molecular complexity index is 1150. The van der Waals surface area contributed by atoms with Crippen LogP contribution >= 0.6 is 0 Å². The van der Waals surface area contributed by atoms with Crippen LogP contribution in [0.25, 0.3) is 22.3 Å². The second-order valence-corrected chi connectivity index (χ2v) is 6.58. The molecule has 0 amide bonds. The van der Waals surface area contributed by atoms with Crippen molar-refractivity contribution in [3.8, 4) is 11.3 Å². The molecule has 6 heteroatoms. The van der Waals surface area contributed by atoms with Gasteiger partial charge in [-0.1, -0.05) is 37.3 Å². The molecule has 26 heavy (non-hydrogen) atoms. The third-order valence-electron chi connectivity index (χ3n) is 4.81. The molecule has 2 N–H and O–H groups in total. The standard InChI is InChI=1S/C20H20N4O2/c1-12(13-7-5-4-6-8-13)15-11-23(2)20(25)16-17(21)18(26-19(15)16)14-9-22-24(3)10-14/h4-12H,21H2,1-3H3. The summed E-state index contributed by atoms with van der Waals surface area (Å²) < 4.78 is 9.36. The minimum atomic E-state index is -0.166. The fraction of sp³-hybridized carbons (Fsp3) is 0.200. The van der Waals surface area contributed by atoms with Crippen LogP contribution in [0.5, 0.6) is 0 Å². The van der Waals surface area contributed by atoms with E-state index in [-0.39, 0.29) is 11.5 Å². The lowest BCUT2D eigenvalue weighted by Crippen LogP contribution is -2.18. The van der Waals surface area contributed by atoms with Crippen LogP contribution in [0.4, 0.5) is 5.69 Å². The molecule has 4 rings (SSSR count). The van der Waals surface area contributed by atoms with Crippen LogP contribution in [0.2, 0.25) is 0 Å². The molecule has 1 atom stereocenters. The Labute approximate surface area is 150 Å². The third kappa shape index (κ3) is 2.42. The lowest BCUT2D eigenvalue weighted by atomic mass is 9.93. The molecule has 0 saturated carbocycles. The predicted molar refractivity (Wildman–Crippen MR) is 102 cm³/mol. The molecule has 6 nitrogen and oxygen atoms in total. The number of hydrogen-bond acceptors (Lipinski definition) is 4. The van der Waals surface area contributed by atoms with E-state index in [4.69, 9.17) is 10.2 Å². The van der Waals surface area contributed by atoms with E-state index < -0.39 is 0 Å². The molecule has 0 bridgehead atoms. The summed E-state index contributed by atoms with van der Waals surface area (Å²) in [6.45, 7) is 2.09. The van der Waals surface area contributed by atoms with Gasteiger partial charge in [0.05, 0.1) is 17.4 Å². The second kappa shape index (κ2) is 5.91. The van der Waals surface area contributed by atoms with E-state index in [1.807, 2.05) is 37.6 Å². The largest absolute Gasteiger partial charge is 0.453 e. The van der Waals surface area contributed by atoms with Gasteiger partial charge >= 0.3 is 0 Å². The van der Waals surface area contributed by atoms with Crippen molar-refractivity contribution in [1.82, 2.24) is 14.3 Å². The maximum Gasteiger partial charge on any atom is 0.263 e. The highest BCUT2D eigenvalue weighted by Gasteiger charge is 2.23. The molecule has 4 aromatic rings. The Morgan fingerprint density at radius 1 is 1.15 bits per heavy atom. The number of anilines is 1. The van der Waals surface area contributed by atoms with Crippen molar-refractivity contribution in [2.75, 3.05) is 5.73 Å². The molecule has 0 saturated heterocycles. The molecule has 3 aromatic heterocycles. The number of benzene rings is 1. The first kappa shape index (κ1) is 16.2. The highest BCUT2D eigenvalue weighted by atomic mass is 16.3. The van der Waals surface area contributed by atoms with Gasteiger partial charge < -0.3 is 14.7 Å². The molecular formula is C20H20N4O2. The van der Waals surface area contributed by atoms with E-state index in [9.17, 15) is 4.79 Å². The van der Waals surface area contributed by atoms with Crippen molar-refractivity contribution >= 4 is 16.7 Å². The Balaban J connectivity index is 2.00. The Kier molecular flexibility index (Phi) is 3.68. The molecule has 0 radical (unpaired) electrons. The van der Waals surface area contributed by atoms with Gasteiger partial charge in [-0.25, -0.2) is 0 Å². The Hall–Kier alpha value is -3.28. The SMILES string of the molecule is CC(c1ccccc1)c1cn(C)c(=O)c2c(N)c(-c3cnn(C)c3)oc12. The lowest BCUT2D eigenvalue weighted by molar-refractivity contribution is 0.622. The zero-order chi connectivity index (χ0) is 18.4. The van der Waals surface area contributed by atoms with Crippen LogP contribution in [-0.2, 0) is 14.1 Å². The number of nitrogen functional groups attached to an aromatic ring is 1. The number of aromatic nitrogens is 3. The molecule has 3 heterocycles. The Morgan fingerprint density at radius 2 is 1.88 bits per heavy atom. The highest BCUT2D eigenvalue weighted by Crippen LogP contribution is 2.38. The van der Waals surface area contributed by atoms with Crippen LogP contribution < -0.4 is 11.3 Å². The molecule has 132 valence electrons. The van der Waals surface area contributed by atoms with Crippen molar-refractivity contribution in [2.24, 2.45) is 14.1 Å². The summed E-state index contributed by atoms with van der Waals surface area (Å²) in [7, 11) is 3.56. The topological polar surface area (TPSA) is 79.0 Å². The zero-order valence-corrected chi connectivity index (χ0v) is 14.9. The van der Waals surface area contributed by atoms with Gasteiger partial charge in [-0.15, -0.1) is 0 Å². The molecular weight excluding hydrogens is 328 g/mol. The number of nitrogens with two attached hydrogens (primary N) is 1. The first-order chi connectivity index (χ1) is 12.5. The van der Waals surface area contributed by atoms with Gasteiger partial charge in [-0.2, -0.15) is 5.10 Å². The van der Waals surface area contributed by atoms with E-state index in [1.165, 1.54) is 0 Å². The molecule has 0 spiro atoms. The maximum absolute atomic E-state index is 12.7. The van der Waals surface area contributed by atoms with E-state index >= 15 is 0 Å². The van der Waals surface area contributed by atoms with E-state index in [0.29, 0.717) is 22.4 Å². The van der Waals surface area contributed by atoms with Crippen molar-refractivity contribution < 1.29 is 4.42 Å². The Morgan fingerprint density at radius 3 is 2.54 bits per heavy atom.